The van der Waals surface area contributed by atoms with Gasteiger partial charge in [0.15, 0.2) is 0 Å². The van der Waals surface area contributed by atoms with Crippen molar-refractivity contribution in [3.05, 3.63) is 119 Å². The molecule has 0 heterocycles. The van der Waals surface area contributed by atoms with Crippen LogP contribution in [-0.2, 0) is 21.4 Å². The molecule has 4 rings (SSSR count). The third-order valence-corrected chi connectivity index (χ3v) is 7.91. The molecule has 4 aromatic carbocycles. The third kappa shape index (κ3) is 7.19. The lowest BCUT2D eigenvalue weighted by molar-refractivity contribution is -0.114. The molecule has 0 aromatic heterocycles. The van der Waals surface area contributed by atoms with Gasteiger partial charge in [0, 0.05) is 11.6 Å². The van der Waals surface area contributed by atoms with Crippen molar-refractivity contribution < 1.29 is 22.7 Å². The minimum absolute atomic E-state index is 0.0284. The van der Waals surface area contributed by atoms with Gasteiger partial charge in [-0.1, -0.05) is 54.1 Å². The molecule has 0 saturated heterocycles. The third-order valence-electron chi connectivity index (χ3n) is 5.87. The summed E-state index contributed by atoms with van der Waals surface area (Å²) in [5.41, 5.74) is 1.70. The van der Waals surface area contributed by atoms with Gasteiger partial charge in [-0.25, -0.2) is 8.42 Å². The van der Waals surface area contributed by atoms with Crippen LogP contribution in [0.3, 0.4) is 0 Å². The van der Waals surface area contributed by atoms with E-state index in [1.54, 1.807) is 48.5 Å². The lowest BCUT2D eigenvalue weighted by Crippen LogP contribution is -2.38. The second kappa shape index (κ2) is 13.1. The molecule has 0 saturated carbocycles. The molecule has 40 heavy (non-hydrogen) atoms. The van der Waals surface area contributed by atoms with Crippen LogP contribution in [0.2, 0.25) is 5.02 Å². The highest BCUT2D eigenvalue weighted by Crippen LogP contribution is 2.27. The highest BCUT2D eigenvalue weighted by molar-refractivity contribution is 7.92. The number of ether oxygens (including phenoxy) is 1. The molecule has 0 aliphatic heterocycles. The van der Waals surface area contributed by atoms with Crippen molar-refractivity contribution in [2.75, 3.05) is 22.8 Å². The first-order valence-electron chi connectivity index (χ1n) is 12.5. The standard InChI is InChI=1S/C30H28ClN3O5S/c1-2-39-25-16-14-24(15-17-25)34(40(37,38)26-18-12-23(31)13-19-26)21-29(35)33-28-11-7-6-10-27(28)30(36)32-20-22-8-4-3-5-9-22/h3-19H,2,20-21H2,1H3,(H,32,36)(H,33,35). The molecule has 0 fully saturated rings. The lowest BCUT2D eigenvalue weighted by atomic mass is 10.1. The summed E-state index contributed by atoms with van der Waals surface area (Å²) in [6.45, 7) is 2.06. The van der Waals surface area contributed by atoms with Crippen molar-refractivity contribution in [2.45, 2.75) is 18.4 Å². The van der Waals surface area contributed by atoms with E-state index in [4.69, 9.17) is 16.3 Å². The van der Waals surface area contributed by atoms with Gasteiger partial charge in [0.25, 0.3) is 15.9 Å². The Hall–Kier alpha value is -4.34. The first-order chi connectivity index (χ1) is 19.3. The number of rotatable bonds is 11. The molecule has 0 aliphatic carbocycles. The summed E-state index contributed by atoms with van der Waals surface area (Å²) in [6.07, 6.45) is 0. The molecule has 0 atom stereocenters. The maximum atomic E-state index is 13.6. The van der Waals surface area contributed by atoms with Gasteiger partial charge in [-0.2, -0.15) is 0 Å². The number of carbonyl (C=O) groups is 2. The van der Waals surface area contributed by atoms with Gasteiger partial charge in [-0.05, 0) is 73.2 Å². The zero-order chi connectivity index (χ0) is 28.5. The summed E-state index contributed by atoms with van der Waals surface area (Å²) >= 11 is 5.96. The van der Waals surface area contributed by atoms with Crippen LogP contribution >= 0.6 is 11.6 Å². The number of halogens is 1. The fourth-order valence-electron chi connectivity index (χ4n) is 3.91. The van der Waals surface area contributed by atoms with Crippen LogP contribution in [-0.4, -0.2) is 33.4 Å². The van der Waals surface area contributed by atoms with Gasteiger partial charge in [0.05, 0.1) is 28.4 Å². The fraction of sp³-hybridized carbons (Fsp3) is 0.133. The second-order valence-electron chi connectivity index (χ2n) is 8.65. The van der Waals surface area contributed by atoms with E-state index in [-0.39, 0.29) is 27.7 Å². The van der Waals surface area contributed by atoms with Crippen LogP contribution in [0.5, 0.6) is 5.75 Å². The largest absolute Gasteiger partial charge is 0.494 e. The van der Waals surface area contributed by atoms with Crippen LogP contribution in [0.25, 0.3) is 0 Å². The molecule has 0 radical (unpaired) electrons. The Labute approximate surface area is 238 Å². The van der Waals surface area contributed by atoms with Crippen LogP contribution in [0.1, 0.15) is 22.8 Å². The summed E-state index contributed by atoms with van der Waals surface area (Å²) in [6, 6.07) is 28.1. The first kappa shape index (κ1) is 28.7. The van der Waals surface area contributed by atoms with Gasteiger partial charge in [-0.15, -0.1) is 0 Å². The Morgan fingerprint density at radius 1 is 0.850 bits per heavy atom. The Morgan fingerprint density at radius 3 is 2.17 bits per heavy atom. The number of nitrogens with zero attached hydrogens (tertiary/aromatic N) is 1. The molecule has 0 aliphatic rings. The van der Waals surface area contributed by atoms with Gasteiger partial charge in [0.2, 0.25) is 5.91 Å². The summed E-state index contributed by atoms with van der Waals surface area (Å²) in [4.78, 5) is 26.2. The summed E-state index contributed by atoms with van der Waals surface area (Å²) in [5, 5.41) is 5.93. The predicted octanol–water partition coefficient (Wildman–Crippen LogP) is 5.50. The van der Waals surface area contributed by atoms with E-state index in [0.717, 1.165) is 9.87 Å². The molecule has 8 nitrogen and oxygen atoms in total. The maximum Gasteiger partial charge on any atom is 0.264 e. The number of amides is 2. The van der Waals surface area contributed by atoms with Crippen molar-refractivity contribution in [3.8, 4) is 5.75 Å². The van der Waals surface area contributed by atoms with Crippen molar-refractivity contribution in [1.29, 1.82) is 0 Å². The SMILES string of the molecule is CCOc1ccc(N(CC(=O)Nc2ccccc2C(=O)NCc2ccccc2)S(=O)(=O)c2ccc(Cl)cc2)cc1. The highest BCUT2D eigenvalue weighted by atomic mass is 35.5. The van der Waals surface area contributed by atoms with Crippen LogP contribution in [0, 0.1) is 0 Å². The topological polar surface area (TPSA) is 105 Å². The van der Waals surface area contributed by atoms with E-state index in [2.05, 4.69) is 10.6 Å². The van der Waals surface area contributed by atoms with Crippen LogP contribution in [0.15, 0.2) is 108 Å². The molecule has 0 spiro atoms. The highest BCUT2D eigenvalue weighted by Gasteiger charge is 2.28. The predicted molar refractivity (Wildman–Crippen MR) is 156 cm³/mol. The number of hydrogen-bond acceptors (Lipinski definition) is 5. The monoisotopic (exact) mass is 577 g/mol. The van der Waals surface area contributed by atoms with Crippen molar-refractivity contribution in [2.24, 2.45) is 0 Å². The fourth-order valence-corrected chi connectivity index (χ4v) is 5.45. The maximum absolute atomic E-state index is 13.6. The molecule has 206 valence electrons. The van der Waals surface area contributed by atoms with E-state index in [9.17, 15) is 18.0 Å². The van der Waals surface area contributed by atoms with Crippen molar-refractivity contribution in [1.82, 2.24) is 5.32 Å². The Kier molecular flexibility index (Phi) is 9.42. The van der Waals surface area contributed by atoms with E-state index in [1.807, 2.05) is 37.3 Å². The number of anilines is 2. The summed E-state index contributed by atoms with van der Waals surface area (Å²) in [5.74, 6) is -0.443. The van der Waals surface area contributed by atoms with Gasteiger partial charge in [0.1, 0.15) is 12.3 Å². The number of benzene rings is 4. The second-order valence-corrected chi connectivity index (χ2v) is 11.0. The average Bonchev–Trinajstić information content (AvgIpc) is 2.96. The number of carbonyl (C=O) groups excluding carboxylic acids is 2. The van der Waals surface area contributed by atoms with Gasteiger partial charge >= 0.3 is 0 Å². The Balaban J connectivity index is 1.57. The van der Waals surface area contributed by atoms with Gasteiger partial charge < -0.3 is 15.4 Å². The van der Waals surface area contributed by atoms with E-state index < -0.39 is 22.5 Å². The summed E-state index contributed by atoms with van der Waals surface area (Å²) < 4.78 is 33.8. The molecular weight excluding hydrogens is 550 g/mol. The first-order valence-corrected chi connectivity index (χ1v) is 14.3. The number of nitrogens with one attached hydrogen (secondary N) is 2. The summed E-state index contributed by atoms with van der Waals surface area (Å²) in [7, 11) is -4.16. The van der Waals surface area contributed by atoms with E-state index in [1.165, 1.54) is 24.3 Å². The van der Waals surface area contributed by atoms with E-state index in [0.29, 0.717) is 23.9 Å². The van der Waals surface area contributed by atoms with E-state index >= 15 is 0 Å². The Bertz CT molecular complexity index is 1560. The minimum Gasteiger partial charge on any atom is -0.494 e. The molecule has 10 heteroatoms. The number of sulfonamides is 1. The molecular formula is C30H28ClN3O5S. The van der Waals surface area contributed by atoms with Crippen molar-refractivity contribution >= 4 is 44.8 Å². The van der Waals surface area contributed by atoms with Crippen LogP contribution < -0.4 is 19.7 Å². The Morgan fingerprint density at radius 2 is 1.50 bits per heavy atom. The quantitative estimate of drug-likeness (QED) is 0.245. The molecule has 2 N–H and O–H groups in total. The number of hydrogen-bond donors (Lipinski definition) is 2. The smallest absolute Gasteiger partial charge is 0.264 e. The zero-order valence-corrected chi connectivity index (χ0v) is 23.3. The number of para-hydroxylation sites is 1. The van der Waals surface area contributed by atoms with Crippen molar-refractivity contribution in [3.63, 3.8) is 0 Å². The zero-order valence-electron chi connectivity index (χ0n) is 21.7. The molecule has 0 unspecified atom stereocenters. The normalized spacial score (nSPS) is 10.9. The minimum atomic E-state index is -4.16. The molecule has 2 amide bonds. The van der Waals surface area contributed by atoms with Gasteiger partial charge in [-0.3, -0.25) is 13.9 Å². The molecule has 0 bridgehead atoms. The average molecular weight is 578 g/mol. The van der Waals surface area contributed by atoms with Crippen LogP contribution in [0.4, 0.5) is 11.4 Å². The lowest BCUT2D eigenvalue weighted by Gasteiger charge is -2.24. The molecule has 4 aromatic rings.